The molecule has 4 rings (SSSR count). The van der Waals surface area contributed by atoms with E-state index in [1.54, 1.807) is 5.32 Å². The number of ether oxygens (including phenoxy) is 1. The maximum absolute atomic E-state index is 13.6. The Morgan fingerprint density at radius 1 is 1.06 bits per heavy atom. The zero-order valence-electron chi connectivity index (χ0n) is 18.8. The van der Waals surface area contributed by atoms with Crippen LogP contribution in [-0.2, 0) is 14.3 Å². The van der Waals surface area contributed by atoms with Crippen molar-refractivity contribution >= 4 is 18.0 Å². The van der Waals surface area contributed by atoms with Crippen LogP contribution in [0.2, 0.25) is 0 Å². The van der Waals surface area contributed by atoms with Crippen LogP contribution in [0.3, 0.4) is 0 Å². The van der Waals surface area contributed by atoms with E-state index in [1.165, 1.54) is 0 Å². The van der Waals surface area contributed by atoms with Crippen molar-refractivity contribution in [2.45, 2.75) is 49.9 Å². The molecular formula is C25H25F3N2O5. The second-order valence-electron chi connectivity index (χ2n) is 8.75. The summed E-state index contributed by atoms with van der Waals surface area (Å²) in [7, 11) is 0. The Kier molecular flexibility index (Phi) is 7.00. The Balaban J connectivity index is 1.40. The Morgan fingerprint density at radius 3 is 2.23 bits per heavy atom. The lowest BCUT2D eigenvalue weighted by Gasteiger charge is -2.27. The number of aliphatic carboxylic acids is 1. The number of alkyl carbamates (subject to hydrolysis) is 1. The Morgan fingerprint density at radius 2 is 1.66 bits per heavy atom. The van der Waals surface area contributed by atoms with Gasteiger partial charge in [0.15, 0.2) is 0 Å². The number of hydrogen-bond donors (Lipinski definition) is 2. The molecule has 1 aliphatic heterocycles. The molecule has 35 heavy (non-hydrogen) atoms. The average Bonchev–Trinajstić information content (AvgIpc) is 3.38. The van der Waals surface area contributed by atoms with Gasteiger partial charge in [-0.1, -0.05) is 48.5 Å². The monoisotopic (exact) mass is 490 g/mol. The third kappa shape index (κ3) is 5.41. The normalized spacial score (nSPS) is 18.0. The molecule has 2 N–H and O–H groups in total. The number of nitrogens with one attached hydrogen (secondary N) is 1. The highest BCUT2D eigenvalue weighted by molar-refractivity contribution is 5.80. The fraction of sp³-hybridized carbons (Fsp3) is 0.400. The van der Waals surface area contributed by atoms with Crippen LogP contribution in [0.15, 0.2) is 48.5 Å². The minimum absolute atomic E-state index is 0.162. The van der Waals surface area contributed by atoms with E-state index in [9.17, 15) is 27.6 Å². The Labute approximate surface area is 199 Å². The maximum atomic E-state index is 13.6. The van der Waals surface area contributed by atoms with Crippen molar-refractivity contribution in [1.82, 2.24) is 10.2 Å². The van der Waals surface area contributed by atoms with Gasteiger partial charge in [-0.2, -0.15) is 13.2 Å². The molecule has 2 aromatic carbocycles. The Bertz CT molecular complexity index is 1070. The molecule has 1 heterocycles. The van der Waals surface area contributed by atoms with Gasteiger partial charge >= 0.3 is 18.2 Å². The zero-order chi connectivity index (χ0) is 25.2. The summed E-state index contributed by atoms with van der Waals surface area (Å²) in [5, 5.41) is 10.8. The van der Waals surface area contributed by atoms with Crippen LogP contribution in [0.4, 0.5) is 18.0 Å². The molecule has 1 unspecified atom stereocenters. The quantitative estimate of drug-likeness (QED) is 0.603. The van der Waals surface area contributed by atoms with Crippen LogP contribution < -0.4 is 5.32 Å². The number of hydrogen-bond acceptors (Lipinski definition) is 4. The third-order valence-electron chi connectivity index (χ3n) is 6.52. The molecule has 0 radical (unpaired) electrons. The highest BCUT2D eigenvalue weighted by atomic mass is 19.4. The summed E-state index contributed by atoms with van der Waals surface area (Å²) in [5.74, 6) is -2.30. The molecule has 0 bridgehead atoms. The number of carbonyl (C=O) groups is 3. The van der Waals surface area contributed by atoms with E-state index in [0.29, 0.717) is 12.8 Å². The first kappa shape index (κ1) is 24.6. The number of benzene rings is 2. The fourth-order valence-electron chi connectivity index (χ4n) is 4.90. The summed E-state index contributed by atoms with van der Waals surface area (Å²) < 4.78 is 46.1. The highest BCUT2D eigenvalue weighted by Crippen LogP contribution is 2.44. The minimum atomic E-state index is -4.89. The molecule has 0 aromatic heterocycles. The number of carboxylic acids is 1. The summed E-state index contributed by atoms with van der Waals surface area (Å²) in [6, 6.07) is 12.0. The second-order valence-corrected chi connectivity index (χ2v) is 8.75. The predicted octanol–water partition coefficient (Wildman–Crippen LogP) is 4.31. The van der Waals surface area contributed by atoms with E-state index in [1.807, 2.05) is 48.5 Å². The van der Waals surface area contributed by atoms with Crippen LogP contribution in [0, 0.1) is 0 Å². The van der Waals surface area contributed by atoms with E-state index >= 15 is 0 Å². The van der Waals surface area contributed by atoms with Gasteiger partial charge in [-0.15, -0.1) is 0 Å². The lowest BCUT2D eigenvalue weighted by atomic mass is 9.98. The number of rotatable bonds is 7. The molecule has 2 atom stereocenters. The number of fused-ring (bicyclic) bond motifs is 3. The van der Waals surface area contributed by atoms with Crippen LogP contribution in [-0.4, -0.2) is 59.4 Å². The maximum Gasteiger partial charge on any atom is 0.409 e. The van der Waals surface area contributed by atoms with Gasteiger partial charge in [0.2, 0.25) is 5.91 Å². The van der Waals surface area contributed by atoms with Crippen LogP contribution in [0.25, 0.3) is 11.1 Å². The van der Waals surface area contributed by atoms with Gasteiger partial charge < -0.3 is 20.1 Å². The number of carboxylic acid groups (broad SMARTS) is 1. The number of carbonyl (C=O) groups excluding carboxylic acids is 2. The smallest absolute Gasteiger partial charge is 0.409 e. The van der Waals surface area contributed by atoms with Crippen LogP contribution >= 0.6 is 0 Å². The van der Waals surface area contributed by atoms with Crippen molar-refractivity contribution in [3.05, 3.63) is 59.7 Å². The molecular weight excluding hydrogens is 465 g/mol. The molecule has 2 aromatic rings. The number of nitrogens with zero attached hydrogens (tertiary/aromatic N) is 1. The Hall–Kier alpha value is -3.56. The summed E-state index contributed by atoms with van der Waals surface area (Å²) in [4.78, 5) is 37.1. The van der Waals surface area contributed by atoms with Gasteiger partial charge in [0.25, 0.3) is 0 Å². The molecule has 2 aliphatic rings. The summed E-state index contributed by atoms with van der Waals surface area (Å²) >= 11 is 0. The van der Waals surface area contributed by atoms with Crippen molar-refractivity contribution in [3.63, 3.8) is 0 Å². The second kappa shape index (κ2) is 9.97. The van der Waals surface area contributed by atoms with Gasteiger partial charge in [-0.25, -0.2) is 4.79 Å². The van der Waals surface area contributed by atoms with Crippen molar-refractivity contribution in [2.75, 3.05) is 13.2 Å². The standard InChI is InChI=1S/C25H25F3N2O5/c26-25(27,28)21(13-22(31)30-11-5-6-15(30)12-23(32)33)29-24(34)35-14-20-18-9-3-1-7-16(18)17-8-2-4-10-19(17)20/h1-4,7-10,15,20-21H,5-6,11-14H2,(H,29,34)(H,32,33)/t15-,21?/m1/s1. The number of likely N-dealkylation sites (tertiary alicyclic amines) is 1. The fourth-order valence-corrected chi connectivity index (χ4v) is 4.90. The largest absolute Gasteiger partial charge is 0.481 e. The van der Waals surface area contributed by atoms with E-state index in [4.69, 9.17) is 9.84 Å². The van der Waals surface area contributed by atoms with Gasteiger partial charge in [0.1, 0.15) is 12.6 Å². The lowest BCUT2D eigenvalue weighted by Crippen LogP contribution is -2.49. The van der Waals surface area contributed by atoms with E-state index in [0.717, 1.165) is 27.2 Å². The van der Waals surface area contributed by atoms with Crippen LogP contribution in [0.1, 0.15) is 42.7 Å². The topological polar surface area (TPSA) is 95.9 Å². The first-order valence-electron chi connectivity index (χ1n) is 11.3. The van der Waals surface area contributed by atoms with Gasteiger partial charge in [0.05, 0.1) is 12.8 Å². The molecule has 2 amide bonds. The highest BCUT2D eigenvalue weighted by Gasteiger charge is 2.44. The van der Waals surface area contributed by atoms with E-state index in [2.05, 4.69) is 0 Å². The van der Waals surface area contributed by atoms with Crippen molar-refractivity contribution < 1.29 is 37.4 Å². The average molecular weight is 490 g/mol. The van der Waals surface area contributed by atoms with E-state index < -0.39 is 42.7 Å². The SMILES string of the molecule is O=C(O)C[C@H]1CCCN1C(=O)CC(NC(=O)OCC1c2ccccc2-c2ccccc21)C(F)(F)F. The third-order valence-corrected chi connectivity index (χ3v) is 6.52. The van der Waals surface area contributed by atoms with Gasteiger partial charge in [-0.05, 0) is 35.1 Å². The lowest BCUT2D eigenvalue weighted by molar-refractivity contribution is -0.164. The van der Waals surface area contributed by atoms with Crippen molar-refractivity contribution in [2.24, 2.45) is 0 Å². The van der Waals surface area contributed by atoms with Gasteiger partial charge in [-0.3, -0.25) is 9.59 Å². The molecule has 1 aliphatic carbocycles. The first-order valence-corrected chi connectivity index (χ1v) is 11.3. The molecule has 1 fully saturated rings. The van der Waals surface area contributed by atoms with Crippen molar-refractivity contribution in [3.8, 4) is 11.1 Å². The molecule has 0 saturated carbocycles. The summed E-state index contributed by atoms with van der Waals surface area (Å²) in [6.45, 7) is 0.0253. The van der Waals surface area contributed by atoms with Gasteiger partial charge in [0, 0.05) is 18.5 Å². The molecule has 0 spiro atoms. The predicted molar refractivity (Wildman–Crippen MR) is 120 cm³/mol. The van der Waals surface area contributed by atoms with Crippen LogP contribution in [0.5, 0.6) is 0 Å². The summed E-state index contributed by atoms with van der Waals surface area (Å²) in [6.07, 6.45) is -6.59. The van der Waals surface area contributed by atoms with E-state index in [-0.39, 0.29) is 25.5 Å². The number of alkyl halides is 3. The molecule has 7 nitrogen and oxygen atoms in total. The summed E-state index contributed by atoms with van der Waals surface area (Å²) in [5.41, 5.74) is 3.81. The zero-order valence-corrected chi connectivity index (χ0v) is 18.8. The van der Waals surface area contributed by atoms with Crippen molar-refractivity contribution in [1.29, 1.82) is 0 Å². The molecule has 186 valence electrons. The minimum Gasteiger partial charge on any atom is -0.481 e. The molecule has 10 heteroatoms. The first-order chi connectivity index (χ1) is 16.6. The number of halogens is 3. The molecule has 1 saturated heterocycles. The number of amides is 2.